The lowest BCUT2D eigenvalue weighted by Gasteiger charge is -2.19. The van der Waals surface area contributed by atoms with Crippen molar-refractivity contribution in [3.8, 4) is 5.75 Å². The fraction of sp³-hybridized carbons (Fsp3) is 0.300. The highest BCUT2D eigenvalue weighted by atomic mass is 35.5. The summed E-state index contributed by atoms with van der Waals surface area (Å²) in [5, 5.41) is 6.05. The predicted molar refractivity (Wildman–Crippen MR) is 104 cm³/mol. The van der Waals surface area contributed by atoms with Crippen LogP contribution in [0.2, 0.25) is 5.02 Å². The van der Waals surface area contributed by atoms with Crippen LogP contribution in [0.1, 0.15) is 37.6 Å². The van der Waals surface area contributed by atoms with Crippen molar-refractivity contribution >= 4 is 29.1 Å². The van der Waals surface area contributed by atoms with E-state index in [0.29, 0.717) is 28.4 Å². The molecule has 1 atom stereocenters. The number of carbonyl (C=O) groups is 2. The first-order valence-electron chi connectivity index (χ1n) is 8.54. The summed E-state index contributed by atoms with van der Waals surface area (Å²) in [7, 11) is 0. The molecule has 138 valence electrons. The van der Waals surface area contributed by atoms with E-state index < -0.39 is 6.10 Å². The van der Waals surface area contributed by atoms with Crippen molar-refractivity contribution in [2.75, 3.05) is 5.32 Å². The maximum Gasteiger partial charge on any atom is 0.265 e. The van der Waals surface area contributed by atoms with E-state index in [1.807, 2.05) is 20.8 Å². The molecule has 0 aliphatic rings. The number of hydrogen-bond donors (Lipinski definition) is 2. The Hall–Kier alpha value is -2.53. The number of rotatable bonds is 7. The van der Waals surface area contributed by atoms with Gasteiger partial charge >= 0.3 is 0 Å². The monoisotopic (exact) mass is 374 g/mol. The molecule has 0 saturated carbocycles. The summed E-state index contributed by atoms with van der Waals surface area (Å²) in [5.74, 6) is -0.129. The van der Waals surface area contributed by atoms with E-state index in [4.69, 9.17) is 16.3 Å². The number of amides is 2. The third-order valence-corrected chi connectivity index (χ3v) is 3.93. The van der Waals surface area contributed by atoms with Gasteiger partial charge in [-0.15, -0.1) is 0 Å². The van der Waals surface area contributed by atoms with Gasteiger partial charge in [-0.25, -0.2) is 0 Å². The molecule has 6 heteroatoms. The number of nitrogens with one attached hydrogen (secondary N) is 2. The van der Waals surface area contributed by atoms with Gasteiger partial charge in [-0.3, -0.25) is 9.59 Å². The minimum Gasteiger partial charge on any atom is -0.479 e. The molecule has 2 N–H and O–H groups in total. The number of benzene rings is 2. The third-order valence-electron chi connectivity index (χ3n) is 3.62. The number of para-hydroxylation sites is 2. The van der Waals surface area contributed by atoms with Crippen LogP contribution in [0.25, 0.3) is 0 Å². The molecule has 0 fully saturated rings. The molecule has 26 heavy (non-hydrogen) atoms. The Labute approximate surface area is 158 Å². The van der Waals surface area contributed by atoms with Crippen LogP contribution >= 0.6 is 11.6 Å². The minimum atomic E-state index is -0.726. The summed E-state index contributed by atoms with van der Waals surface area (Å²) in [6.45, 7) is 5.60. The quantitative estimate of drug-likeness (QED) is 0.760. The summed E-state index contributed by atoms with van der Waals surface area (Å²) in [4.78, 5) is 25.0. The Balaban J connectivity index is 2.15. The second kappa shape index (κ2) is 9.25. The first-order valence-corrected chi connectivity index (χ1v) is 8.92. The van der Waals surface area contributed by atoms with Crippen molar-refractivity contribution in [1.82, 2.24) is 5.32 Å². The second-order valence-electron chi connectivity index (χ2n) is 6.11. The number of halogens is 1. The predicted octanol–water partition coefficient (Wildman–Crippen LogP) is 4.27. The van der Waals surface area contributed by atoms with E-state index >= 15 is 0 Å². The van der Waals surface area contributed by atoms with Gasteiger partial charge in [0, 0.05) is 6.04 Å². The summed E-state index contributed by atoms with van der Waals surface area (Å²) >= 11 is 6.10. The lowest BCUT2D eigenvalue weighted by molar-refractivity contribution is -0.122. The van der Waals surface area contributed by atoms with Crippen molar-refractivity contribution in [2.45, 2.75) is 39.3 Å². The second-order valence-corrected chi connectivity index (χ2v) is 6.52. The lowest BCUT2D eigenvalue weighted by Crippen LogP contribution is -2.34. The maximum atomic E-state index is 12.6. The molecular formula is C20H23ClN2O3. The van der Waals surface area contributed by atoms with Gasteiger partial charge in [0.15, 0.2) is 6.10 Å². The van der Waals surface area contributed by atoms with Crippen LogP contribution in [-0.2, 0) is 4.79 Å². The molecule has 0 bridgehead atoms. The van der Waals surface area contributed by atoms with Gasteiger partial charge in [-0.1, -0.05) is 42.8 Å². The first kappa shape index (κ1) is 19.8. The zero-order valence-corrected chi connectivity index (χ0v) is 15.8. The Bertz CT molecular complexity index is 777. The van der Waals surface area contributed by atoms with Crippen LogP contribution < -0.4 is 15.4 Å². The van der Waals surface area contributed by atoms with Gasteiger partial charge in [-0.2, -0.15) is 0 Å². The Morgan fingerprint density at radius 1 is 1.08 bits per heavy atom. The fourth-order valence-electron chi connectivity index (χ4n) is 2.36. The summed E-state index contributed by atoms with van der Waals surface area (Å²) in [5.41, 5.74) is 0.846. The molecule has 0 heterocycles. The molecule has 0 saturated heterocycles. The van der Waals surface area contributed by atoms with E-state index in [-0.39, 0.29) is 17.9 Å². The SMILES string of the molecule is CC[C@@H](Oc1ccccc1Cl)C(=O)Nc1ccccc1C(=O)NC(C)C. The van der Waals surface area contributed by atoms with Crippen LogP contribution in [0.5, 0.6) is 5.75 Å². The van der Waals surface area contributed by atoms with Gasteiger partial charge in [0.25, 0.3) is 11.8 Å². The van der Waals surface area contributed by atoms with Crippen LogP contribution in [0, 0.1) is 0 Å². The van der Waals surface area contributed by atoms with Crippen molar-refractivity contribution < 1.29 is 14.3 Å². The average Bonchev–Trinajstić information content (AvgIpc) is 2.60. The number of anilines is 1. The highest BCUT2D eigenvalue weighted by molar-refractivity contribution is 6.32. The van der Waals surface area contributed by atoms with Crippen molar-refractivity contribution in [3.05, 3.63) is 59.1 Å². The molecule has 2 aromatic rings. The third kappa shape index (κ3) is 5.23. The van der Waals surface area contributed by atoms with Crippen molar-refractivity contribution in [2.24, 2.45) is 0 Å². The Kier molecular flexibility index (Phi) is 7.04. The molecule has 0 aromatic heterocycles. The maximum absolute atomic E-state index is 12.6. The molecule has 2 aromatic carbocycles. The minimum absolute atomic E-state index is 0.00166. The van der Waals surface area contributed by atoms with Gasteiger partial charge in [0.1, 0.15) is 5.75 Å². The van der Waals surface area contributed by atoms with E-state index in [1.165, 1.54) is 0 Å². The molecule has 0 aliphatic carbocycles. The van der Waals surface area contributed by atoms with Crippen molar-refractivity contribution in [1.29, 1.82) is 0 Å². The Morgan fingerprint density at radius 3 is 2.38 bits per heavy atom. The van der Waals surface area contributed by atoms with E-state index in [1.54, 1.807) is 48.5 Å². The van der Waals surface area contributed by atoms with Crippen LogP contribution in [0.3, 0.4) is 0 Å². The van der Waals surface area contributed by atoms with Gasteiger partial charge in [0.2, 0.25) is 0 Å². The number of hydrogen-bond acceptors (Lipinski definition) is 3. The highest BCUT2D eigenvalue weighted by Gasteiger charge is 2.21. The smallest absolute Gasteiger partial charge is 0.265 e. The summed E-state index contributed by atoms with van der Waals surface area (Å²) in [6, 6.07) is 13.9. The normalized spacial score (nSPS) is 11.7. The zero-order valence-electron chi connectivity index (χ0n) is 15.1. The lowest BCUT2D eigenvalue weighted by atomic mass is 10.1. The van der Waals surface area contributed by atoms with Crippen molar-refractivity contribution in [3.63, 3.8) is 0 Å². The molecule has 0 radical (unpaired) electrons. The van der Waals surface area contributed by atoms with E-state index in [0.717, 1.165) is 0 Å². The summed E-state index contributed by atoms with van der Waals surface area (Å²) in [6.07, 6.45) is -0.270. The highest BCUT2D eigenvalue weighted by Crippen LogP contribution is 2.25. The summed E-state index contributed by atoms with van der Waals surface area (Å²) < 4.78 is 5.75. The standard InChI is InChI=1S/C20H23ClN2O3/c1-4-17(26-18-12-8-6-10-15(18)21)20(25)23-16-11-7-5-9-14(16)19(24)22-13(2)3/h5-13,17H,4H2,1-3H3,(H,22,24)(H,23,25)/t17-/m1/s1. The molecule has 0 aliphatic heterocycles. The molecule has 2 amide bonds. The van der Waals surface area contributed by atoms with Gasteiger partial charge in [-0.05, 0) is 44.5 Å². The zero-order chi connectivity index (χ0) is 19.1. The molecule has 0 spiro atoms. The molecule has 2 rings (SSSR count). The van der Waals surface area contributed by atoms with E-state index in [9.17, 15) is 9.59 Å². The first-order chi connectivity index (χ1) is 12.4. The van der Waals surface area contributed by atoms with Gasteiger partial charge in [0.05, 0.1) is 16.3 Å². The van der Waals surface area contributed by atoms with E-state index in [2.05, 4.69) is 10.6 Å². The largest absolute Gasteiger partial charge is 0.479 e. The molecular weight excluding hydrogens is 352 g/mol. The average molecular weight is 375 g/mol. The number of ether oxygens (including phenoxy) is 1. The molecule has 0 unspecified atom stereocenters. The van der Waals surface area contributed by atoms with Crippen LogP contribution in [-0.4, -0.2) is 24.0 Å². The fourth-order valence-corrected chi connectivity index (χ4v) is 2.54. The number of carbonyl (C=O) groups excluding carboxylic acids is 2. The van der Waals surface area contributed by atoms with Crippen LogP contribution in [0.15, 0.2) is 48.5 Å². The molecule has 5 nitrogen and oxygen atoms in total. The topological polar surface area (TPSA) is 67.4 Å². The van der Waals surface area contributed by atoms with Gasteiger partial charge < -0.3 is 15.4 Å². The Morgan fingerprint density at radius 2 is 1.73 bits per heavy atom. The van der Waals surface area contributed by atoms with Crippen LogP contribution in [0.4, 0.5) is 5.69 Å².